The predicted molar refractivity (Wildman–Crippen MR) is 109 cm³/mol. The summed E-state index contributed by atoms with van der Waals surface area (Å²) in [5, 5.41) is 0.892. The number of fused-ring (bicyclic) bond motifs is 2. The van der Waals surface area contributed by atoms with Gasteiger partial charge in [0.1, 0.15) is 13.2 Å². The summed E-state index contributed by atoms with van der Waals surface area (Å²) in [7, 11) is 0. The summed E-state index contributed by atoms with van der Waals surface area (Å²) in [5.41, 5.74) is 1.15. The van der Waals surface area contributed by atoms with Gasteiger partial charge in [-0.15, -0.1) is 0 Å². The van der Waals surface area contributed by atoms with Gasteiger partial charge in [0.2, 0.25) is 5.91 Å². The van der Waals surface area contributed by atoms with Crippen molar-refractivity contribution in [3.05, 3.63) is 36.0 Å². The molecule has 2 aromatic rings. The number of carbonyl (C=O) groups is 3. The van der Waals surface area contributed by atoms with E-state index in [0.717, 1.165) is 23.7 Å². The van der Waals surface area contributed by atoms with Gasteiger partial charge in [0.15, 0.2) is 5.78 Å². The zero-order valence-corrected chi connectivity index (χ0v) is 17.0. The molecule has 2 aliphatic heterocycles. The zero-order valence-electron chi connectivity index (χ0n) is 17.0. The Labute approximate surface area is 170 Å². The minimum atomic E-state index is -0.425. The number of hydrogen-bond donors (Lipinski definition) is 0. The lowest BCUT2D eigenvalue weighted by Crippen LogP contribution is -2.62. The van der Waals surface area contributed by atoms with Crippen LogP contribution in [0.5, 0.6) is 0 Å². The van der Waals surface area contributed by atoms with E-state index >= 15 is 0 Å². The van der Waals surface area contributed by atoms with Crippen LogP contribution in [0.3, 0.4) is 0 Å². The van der Waals surface area contributed by atoms with Crippen molar-refractivity contribution in [2.75, 3.05) is 26.2 Å². The maximum atomic E-state index is 13.1. The van der Waals surface area contributed by atoms with Gasteiger partial charge < -0.3 is 14.2 Å². The highest BCUT2D eigenvalue weighted by Gasteiger charge is 2.50. The molecule has 0 aliphatic carbocycles. The van der Waals surface area contributed by atoms with Gasteiger partial charge in [0, 0.05) is 48.7 Å². The number of amides is 2. The molecule has 0 radical (unpaired) electrons. The third kappa shape index (κ3) is 3.28. The predicted octanol–water partition coefficient (Wildman–Crippen LogP) is 3.07. The van der Waals surface area contributed by atoms with Gasteiger partial charge in [-0.25, -0.2) is 4.79 Å². The Kier molecular flexibility index (Phi) is 5.06. The Hall–Kier alpha value is -2.83. The molecule has 0 bridgehead atoms. The first-order valence-electron chi connectivity index (χ1n) is 10.3. The molecule has 4 rings (SSSR count). The van der Waals surface area contributed by atoms with Crippen LogP contribution in [-0.2, 0) is 16.1 Å². The zero-order chi connectivity index (χ0) is 20.6. The van der Waals surface area contributed by atoms with E-state index in [0.29, 0.717) is 38.2 Å². The Bertz CT molecular complexity index is 966. The Morgan fingerprint density at radius 2 is 1.97 bits per heavy atom. The minimum Gasteiger partial charge on any atom is -0.447 e. The molecule has 0 saturated carbocycles. The van der Waals surface area contributed by atoms with Crippen molar-refractivity contribution < 1.29 is 19.1 Å². The maximum absolute atomic E-state index is 13.1. The van der Waals surface area contributed by atoms with Gasteiger partial charge in [-0.1, -0.05) is 32.0 Å². The molecule has 154 valence electrons. The Balaban J connectivity index is 1.57. The van der Waals surface area contributed by atoms with Gasteiger partial charge in [-0.3, -0.25) is 14.5 Å². The maximum Gasteiger partial charge on any atom is 0.410 e. The molecule has 29 heavy (non-hydrogen) atoms. The molecule has 2 amide bonds. The van der Waals surface area contributed by atoms with Crippen LogP contribution in [0.1, 0.15) is 43.5 Å². The first kappa shape index (κ1) is 19.5. The molecule has 1 unspecified atom stereocenters. The van der Waals surface area contributed by atoms with Crippen LogP contribution < -0.4 is 0 Å². The molecule has 3 heterocycles. The van der Waals surface area contributed by atoms with E-state index < -0.39 is 5.54 Å². The number of rotatable bonds is 6. The molecule has 1 aromatic heterocycles. The van der Waals surface area contributed by atoms with Crippen LogP contribution in [0, 0.1) is 0 Å². The quantitative estimate of drug-likeness (QED) is 0.703. The second kappa shape index (κ2) is 7.54. The number of ether oxygens (including phenoxy) is 1. The number of carbonyl (C=O) groups excluding carboxylic acids is 3. The highest BCUT2D eigenvalue weighted by Crippen LogP contribution is 2.32. The second-order valence-electron chi connectivity index (χ2n) is 7.96. The summed E-state index contributed by atoms with van der Waals surface area (Å²) in [4.78, 5) is 41.2. The smallest absolute Gasteiger partial charge is 0.410 e. The largest absolute Gasteiger partial charge is 0.447 e. The first-order valence-corrected chi connectivity index (χ1v) is 10.3. The number of cyclic esters (lactones) is 1. The second-order valence-corrected chi connectivity index (χ2v) is 7.96. The standard InChI is InChI=1S/C22H27N3O4/c1-3-7-19(26)17-12-24(18-9-6-5-8-16(17)18)13-20(27)23-10-11-25-21(28)29-15-22(25,4-2)14-23/h5-6,8-9,12H,3-4,7,10-11,13-15H2,1-2H3. The van der Waals surface area contributed by atoms with Crippen LogP contribution in [0.4, 0.5) is 4.79 Å². The lowest BCUT2D eigenvalue weighted by atomic mass is 9.93. The lowest BCUT2D eigenvalue weighted by molar-refractivity contribution is -0.135. The van der Waals surface area contributed by atoms with Crippen LogP contribution in [0.2, 0.25) is 0 Å². The number of nitrogens with zero attached hydrogens (tertiary/aromatic N) is 3. The van der Waals surface area contributed by atoms with E-state index in [1.165, 1.54) is 0 Å². The van der Waals surface area contributed by atoms with Gasteiger partial charge in [-0.05, 0) is 18.9 Å². The van der Waals surface area contributed by atoms with E-state index in [-0.39, 0.29) is 24.3 Å². The Morgan fingerprint density at radius 1 is 1.17 bits per heavy atom. The molecule has 2 saturated heterocycles. The summed E-state index contributed by atoms with van der Waals surface area (Å²) in [6.45, 7) is 5.98. The number of piperazine rings is 1. The highest BCUT2D eigenvalue weighted by molar-refractivity contribution is 6.08. The lowest BCUT2D eigenvalue weighted by Gasteiger charge is -2.44. The van der Waals surface area contributed by atoms with Crippen molar-refractivity contribution in [2.45, 2.75) is 45.2 Å². The van der Waals surface area contributed by atoms with E-state index in [9.17, 15) is 14.4 Å². The van der Waals surface area contributed by atoms with Crippen molar-refractivity contribution in [1.82, 2.24) is 14.4 Å². The van der Waals surface area contributed by atoms with Crippen LogP contribution in [-0.4, -0.2) is 63.9 Å². The van der Waals surface area contributed by atoms with Gasteiger partial charge >= 0.3 is 6.09 Å². The number of ketones is 1. The number of hydrogen-bond acceptors (Lipinski definition) is 4. The normalized spacial score (nSPS) is 21.4. The van der Waals surface area contributed by atoms with E-state index in [2.05, 4.69) is 0 Å². The molecule has 7 heteroatoms. The fourth-order valence-electron chi connectivity index (χ4n) is 4.48. The molecule has 2 fully saturated rings. The number of Topliss-reactive ketones (excluding diaryl/α,β-unsaturated/α-hetero) is 1. The van der Waals surface area contributed by atoms with E-state index in [1.54, 1.807) is 4.90 Å². The van der Waals surface area contributed by atoms with Gasteiger partial charge in [0.25, 0.3) is 0 Å². The highest BCUT2D eigenvalue weighted by atomic mass is 16.6. The van der Waals surface area contributed by atoms with Crippen molar-refractivity contribution in [1.29, 1.82) is 0 Å². The molecule has 7 nitrogen and oxygen atoms in total. The molecule has 1 atom stereocenters. The first-order chi connectivity index (χ1) is 14.0. The van der Waals surface area contributed by atoms with Crippen molar-refractivity contribution in [3.63, 3.8) is 0 Å². The fraction of sp³-hybridized carbons (Fsp3) is 0.500. The van der Waals surface area contributed by atoms with Crippen molar-refractivity contribution >= 4 is 28.7 Å². The number of aromatic nitrogens is 1. The van der Waals surface area contributed by atoms with E-state index in [1.807, 2.05) is 53.8 Å². The SMILES string of the molecule is CCCC(=O)c1cn(CC(=O)N2CCN3C(=O)OCC3(CC)C2)c2ccccc12. The molecule has 0 N–H and O–H groups in total. The van der Waals surface area contributed by atoms with Crippen molar-refractivity contribution in [2.24, 2.45) is 0 Å². The van der Waals surface area contributed by atoms with Crippen LogP contribution >= 0.6 is 0 Å². The number of para-hydroxylation sites is 1. The summed E-state index contributed by atoms with van der Waals surface area (Å²) in [5.74, 6) is 0.0992. The molecule has 0 spiro atoms. The molecule has 1 aromatic carbocycles. The van der Waals surface area contributed by atoms with E-state index in [4.69, 9.17) is 4.74 Å². The monoisotopic (exact) mass is 397 g/mol. The van der Waals surface area contributed by atoms with Crippen LogP contribution in [0.15, 0.2) is 30.5 Å². The minimum absolute atomic E-state index is 0.00734. The Morgan fingerprint density at radius 3 is 2.72 bits per heavy atom. The summed E-state index contributed by atoms with van der Waals surface area (Å²) < 4.78 is 7.13. The van der Waals surface area contributed by atoms with Crippen molar-refractivity contribution in [3.8, 4) is 0 Å². The summed E-state index contributed by atoms with van der Waals surface area (Å²) in [6.07, 6.45) is 3.56. The fourth-order valence-corrected chi connectivity index (χ4v) is 4.48. The topological polar surface area (TPSA) is 71.9 Å². The third-order valence-corrected chi connectivity index (χ3v) is 6.22. The van der Waals surface area contributed by atoms with Gasteiger partial charge in [0.05, 0.1) is 5.54 Å². The average molecular weight is 397 g/mol. The number of benzene rings is 1. The third-order valence-electron chi connectivity index (χ3n) is 6.22. The molecular formula is C22H27N3O4. The summed E-state index contributed by atoms with van der Waals surface area (Å²) >= 11 is 0. The average Bonchev–Trinajstić information content (AvgIpc) is 3.27. The molecular weight excluding hydrogens is 370 g/mol. The van der Waals surface area contributed by atoms with Gasteiger partial charge in [-0.2, -0.15) is 0 Å². The molecule has 2 aliphatic rings. The van der Waals surface area contributed by atoms with Crippen LogP contribution in [0.25, 0.3) is 10.9 Å². The summed E-state index contributed by atoms with van der Waals surface area (Å²) in [6, 6.07) is 7.72.